The van der Waals surface area contributed by atoms with E-state index in [4.69, 9.17) is 11.6 Å². The number of benzene rings is 1. The quantitative estimate of drug-likeness (QED) is 0.677. The first kappa shape index (κ1) is 16.4. The number of halogens is 2. The van der Waals surface area contributed by atoms with Gasteiger partial charge in [0.25, 0.3) is 5.91 Å². The van der Waals surface area contributed by atoms with E-state index in [0.717, 1.165) is 0 Å². The maximum absolute atomic E-state index is 13.2. The van der Waals surface area contributed by atoms with E-state index in [1.165, 1.54) is 30.5 Å². The van der Waals surface area contributed by atoms with Gasteiger partial charge < -0.3 is 15.4 Å². The average molecular weight is 349 g/mol. The normalized spacial score (nSPS) is 11.7. The molecule has 2 heterocycles. The van der Waals surface area contributed by atoms with Crippen LogP contribution >= 0.6 is 11.6 Å². The summed E-state index contributed by atoms with van der Waals surface area (Å²) in [5, 5.41) is 12.6. The standard InChI is InChI=1S/C16H14ClFN4O2/c1-16(2,24)15-21-12-9(5-6-19-13(12)22-15)14(23)20-8-3-4-11(18)10(17)7-8/h3-7,24H,1-2H3,(H,20,23)(H,19,21,22). The zero-order chi connectivity index (χ0) is 17.5. The Kier molecular flexibility index (Phi) is 3.98. The van der Waals surface area contributed by atoms with Gasteiger partial charge in [-0.1, -0.05) is 11.6 Å². The van der Waals surface area contributed by atoms with Gasteiger partial charge in [-0.2, -0.15) is 0 Å². The lowest BCUT2D eigenvalue weighted by Crippen LogP contribution is -2.17. The number of aromatic nitrogens is 3. The van der Waals surface area contributed by atoms with E-state index in [1.807, 2.05) is 0 Å². The summed E-state index contributed by atoms with van der Waals surface area (Å²) in [6.45, 7) is 3.15. The molecule has 0 spiro atoms. The minimum atomic E-state index is -1.20. The van der Waals surface area contributed by atoms with Crippen LogP contribution in [0, 0.1) is 5.82 Å². The number of carbonyl (C=O) groups is 1. The largest absolute Gasteiger partial charge is 0.383 e. The van der Waals surface area contributed by atoms with Crippen molar-refractivity contribution in [2.45, 2.75) is 19.4 Å². The van der Waals surface area contributed by atoms with Crippen molar-refractivity contribution in [3.63, 3.8) is 0 Å². The van der Waals surface area contributed by atoms with Crippen LogP contribution in [0.3, 0.4) is 0 Å². The Morgan fingerprint density at radius 1 is 1.38 bits per heavy atom. The molecule has 0 fully saturated rings. The Labute approximate surface area is 141 Å². The zero-order valence-electron chi connectivity index (χ0n) is 12.9. The van der Waals surface area contributed by atoms with Crippen LogP contribution in [0.15, 0.2) is 30.5 Å². The Bertz CT molecular complexity index is 933. The number of aliphatic hydroxyl groups is 1. The highest BCUT2D eigenvalue weighted by molar-refractivity contribution is 6.31. The first-order valence-electron chi connectivity index (χ1n) is 7.09. The number of carbonyl (C=O) groups excluding carboxylic acids is 1. The first-order valence-corrected chi connectivity index (χ1v) is 7.47. The van der Waals surface area contributed by atoms with Crippen LogP contribution in [0.5, 0.6) is 0 Å². The van der Waals surface area contributed by atoms with E-state index >= 15 is 0 Å². The molecule has 24 heavy (non-hydrogen) atoms. The second-order valence-corrected chi connectivity index (χ2v) is 6.19. The molecule has 3 N–H and O–H groups in total. The number of nitrogens with zero attached hydrogens (tertiary/aromatic N) is 2. The number of rotatable bonds is 3. The van der Waals surface area contributed by atoms with Crippen LogP contribution in [0.1, 0.15) is 30.0 Å². The molecule has 0 bridgehead atoms. The fraction of sp³-hybridized carbons (Fsp3) is 0.188. The second-order valence-electron chi connectivity index (χ2n) is 5.78. The third kappa shape index (κ3) is 3.08. The summed E-state index contributed by atoms with van der Waals surface area (Å²) in [4.78, 5) is 23.7. The van der Waals surface area contributed by atoms with Gasteiger partial charge in [0, 0.05) is 11.9 Å². The van der Waals surface area contributed by atoms with Crippen molar-refractivity contribution in [3.8, 4) is 0 Å². The topological polar surface area (TPSA) is 90.9 Å². The molecule has 124 valence electrons. The van der Waals surface area contributed by atoms with Crippen molar-refractivity contribution >= 4 is 34.4 Å². The molecule has 0 saturated carbocycles. The molecule has 0 atom stereocenters. The monoisotopic (exact) mass is 348 g/mol. The Balaban J connectivity index is 1.97. The van der Waals surface area contributed by atoms with Gasteiger partial charge in [-0.05, 0) is 38.1 Å². The molecule has 1 aromatic carbocycles. The van der Waals surface area contributed by atoms with Gasteiger partial charge in [0.2, 0.25) is 0 Å². The van der Waals surface area contributed by atoms with E-state index in [0.29, 0.717) is 28.2 Å². The molecule has 3 rings (SSSR count). The van der Waals surface area contributed by atoms with E-state index in [-0.39, 0.29) is 5.02 Å². The van der Waals surface area contributed by atoms with Gasteiger partial charge >= 0.3 is 0 Å². The van der Waals surface area contributed by atoms with Gasteiger partial charge in [-0.3, -0.25) is 4.79 Å². The number of hydrogen-bond donors (Lipinski definition) is 3. The van der Waals surface area contributed by atoms with Crippen LogP contribution in [0.25, 0.3) is 11.2 Å². The molecule has 0 radical (unpaired) electrons. The van der Waals surface area contributed by atoms with Crippen molar-refractivity contribution in [1.29, 1.82) is 0 Å². The van der Waals surface area contributed by atoms with E-state index in [1.54, 1.807) is 13.8 Å². The zero-order valence-corrected chi connectivity index (χ0v) is 13.6. The van der Waals surface area contributed by atoms with Crippen LogP contribution in [-0.2, 0) is 5.60 Å². The number of anilines is 1. The third-order valence-corrected chi connectivity index (χ3v) is 3.68. The fourth-order valence-corrected chi connectivity index (χ4v) is 2.34. The number of nitrogens with one attached hydrogen (secondary N) is 2. The predicted molar refractivity (Wildman–Crippen MR) is 88.5 cm³/mol. The lowest BCUT2D eigenvalue weighted by atomic mass is 10.1. The number of imidazole rings is 1. The smallest absolute Gasteiger partial charge is 0.257 e. The summed E-state index contributed by atoms with van der Waals surface area (Å²) < 4.78 is 13.2. The molecule has 3 aromatic rings. The Hall–Kier alpha value is -2.51. The number of amides is 1. The number of fused-ring (bicyclic) bond motifs is 1. The summed E-state index contributed by atoms with van der Waals surface area (Å²) in [6, 6.07) is 5.42. The van der Waals surface area contributed by atoms with E-state index in [2.05, 4.69) is 20.3 Å². The van der Waals surface area contributed by atoms with Gasteiger partial charge in [0.05, 0.1) is 16.1 Å². The average Bonchev–Trinajstić information content (AvgIpc) is 2.95. The number of aromatic amines is 1. The predicted octanol–water partition coefficient (Wildman–Crippen LogP) is 3.23. The summed E-state index contributed by atoms with van der Waals surface area (Å²) in [6.07, 6.45) is 1.45. The van der Waals surface area contributed by atoms with Crippen LogP contribution in [0.4, 0.5) is 10.1 Å². The maximum atomic E-state index is 13.2. The minimum Gasteiger partial charge on any atom is -0.383 e. The SMILES string of the molecule is CC(C)(O)c1nc2nccc(C(=O)Nc3ccc(F)c(Cl)c3)c2[nH]1. The van der Waals surface area contributed by atoms with Crippen molar-refractivity contribution in [2.75, 3.05) is 5.32 Å². The fourth-order valence-electron chi connectivity index (χ4n) is 2.16. The van der Waals surface area contributed by atoms with Crippen molar-refractivity contribution < 1.29 is 14.3 Å². The molecule has 2 aromatic heterocycles. The van der Waals surface area contributed by atoms with Crippen LogP contribution < -0.4 is 5.32 Å². The second kappa shape index (κ2) is 5.85. The lowest BCUT2D eigenvalue weighted by molar-refractivity contribution is 0.0699. The third-order valence-electron chi connectivity index (χ3n) is 3.39. The first-order chi connectivity index (χ1) is 11.3. The summed E-state index contributed by atoms with van der Waals surface area (Å²) in [5.41, 5.74) is 0.179. The highest BCUT2D eigenvalue weighted by atomic mass is 35.5. The lowest BCUT2D eigenvalue weighted by Gasteiger charge is -2.12. The summed E-state index contributed by atoms with van der Waals surface area (Å²) in [5.74, 6) is -0.699. The van der Waals surface area contributed by atoms with E-state index in [9.17, 15) is 14.3 Å². The van der Waals surface area contributed by atoms with Gasteiger partial charge in [0.15, 0.2) is 5.65 Å². The summed E-state index contributed by atoms with van der Waals surface area (Å²) >= 11 is 5.71. The Morgan fingerprint density at radius 2 is 2.12 bits per heavy atom. The van der Waals surface area contributed by atoms with Gasteiger partial charge in [-0.15, -0.1) is 0 Å². The molecule has 0 aliphatic carbocycles. The number of hydrogen-bond acceptors (Lipinski definition) is 4. The molecule has 0 aliphatic heterocycles. The molecule has 0 unspecified atom stereocenters. The highest BCUT2D eigenvalue weighted by Crippen LogP contribution is 2.23. The Morgan fingerprint density at radius 3 is 2.79 bits per heavy atom. The van der Waals surface area contributed by atoms with Crippen molar-refractivity contribution in [3.05, 3.63) is 52.7 Å². The van der Waals surface area contributed by atoms with Gasteiger partial charge in [-0.25, -0.2) is 14.4 Å². The maximum Gasteiger partial charge on any atom is 0.257 e. The molecule has 0 aliphatic rings. The molecule has 0 saturated heterocycles. The molecule has 1 amide bonds. The minimum absolute atomic E-state index is 0.0847. The highest BCUT2D eigenvalue weighted by Gasteiger charge is 2.23. The molecule has 6 nitrogen and oxygen atoms in total. The number of H-pyrrole nitrogens is 1. The summed E-state index contributed by atoms with van der Waals surface area (Å²) in [7, 11) is 0. The number of pyridine rings is 1. The van der Waals surface area contributed by atoms with Gasteiger partial charge in [0.1, 0.15) is 17.2 Å². The van der Waals surface area contributed by atoms with Crippen LogP contribution in [0.2, 0.25) is 5.02 Å². The van der Waals surface area contributed by atoms with E-state index < -0.39 is 17.3 Å². The van der Waals surface area contributed by atoms with Crippen LogP contribution in [-0.4, -0.2) is 26.0 Å². The molecular formula is C16H14ClFN4O2. The molecule has 8 heteroatoms. The molecular weight excluding hydrogens is 335 g/mol. The van der Waals surface area contributed by atoms with Crippen molar-refractivity contribution in [2.24, 2.45) is 0 Å². The van der Waals surface area contributed by atoms with Crippen molar-refractivity contribution in [1.82, 2.24) is 15.0 Å².